The highest BCUT2D eigenvalue weighted by Crippen LogP contribution is 2.31. The van der Waals surface area contributed by atoms with Crippen LogP contribution < -0.4 is 20.5 Å². The molecule has 4 rings (SSSR count). The van der Waals surface area contributed by atoms with E-state index in [4.69, 9.17) is 11.1 Å². The van der Waals surface area contributed by atoms with Crippen molar-refractivity contribution in [3.63, 3.8) is 0 Å². The van der Waals surface area contributed by atoms with Gasteiger partial charge in [0, 0.05) is 25.2 Å². The molecule has 1 atom stereocenters. The normalized spacial score (nSPS) is 13.8. The van der Waals surface area contributed by atoms with Gasteiger partial charge >= 0.3 is 0 Å². The van der Waals surface area contributed by atoms with Crippen molar-refractivity contribution >= 4 is 57.6 Å². The van der Waals surface area contributed by atoms with Crippen LogP contribution in [0.4, 0.5) is 5.69 Å². The molecule has 0 N–H and O–H groups in total. The number of benzene rings is 4. The Balaban J connectivity index is 2.06. The van der Waals surface area contributed by atoms with Crippen molar-refractivity contribution in [3.05, 3.63) is 97.1 Å². The molecular formula is C26H28ClNSi2. The van der Waals surface area contributed by atoms with E-state index in [1.165, 1.54) is 32.0 Å². The number of hydrogen-bond donors (Lipinski definition) is 0. The van der Waals surface area contributed by atoms with Crippen LogP contribution in [0.15, 0.2) is 97.1 Å². The van der Waals surface area contributed by atoms with Crippen LogP contribution in [0, 0.1) is 0 Å². The minimum absolute atomic E-state index is 1.24. The SMILES string of the molecule is CN(C)c1cccc2cccc([Si](C)(Cl)[Si](C)(c3ccccc3)c3ccccc3)c12. The fourth-order valence-electron chi connectivity index (χ4n) is 4.61. The van der Waals surface area contributed by atoms with E-state index in [0.29, 0.717) is 0 Å². The van der Waals surface area contributed by atoms with Crippen LogP contribution in [0.25, 0.3) is 10.8 Å². The number of fused-ring (bicyclic) bond motifs is 1. The summed E-state index contributed by atoms with van der Waals surface area (Å²) in [6, 6.07) is 35.1. The molecule has 0 fully saturated rings. The summed E-state index contributed by atoms with van der Waals surface area (Å²) in [5, 5.41) is 6.71. The molecule has 0 heterocycles. The van der Waals surface area contributed by atoms with Gasteiger partial charge < -0.3 is 4.90 Å². The smallest absolute Gasteiger partial charge is 0.184 e. The van der Waals surface area contributed by atoms with Gasteiger partial charge in [-0.15, -0.1) is 0 Å². The van der Waals surface area contributed by atoms with Crippen molar-refractivity contribution in [2.75, 3.05) is 19.0 Å². The first-order chi connectivity index (χ1) is 14.4. The molecule has 0 aliphatic carbocycles. The molecule has 0 spiro atoms. The number of hydrogen-bond acceptors (Lipinski definition) is 1. The summed E-state index contributed by atoms with van der Waals surface area (Å²) in [5.74, 6) is 0. The molecule has 4 aromatic rings. The lowest BCUT2D eigenvalue weighted by Crippen LogP contribution is -2.75. The van der Waals surface area contributed by atoms with Crippen LogP contribution in [-0.2, 0) is 0 Å². The van der Waals surface area contributed by atoms with Crippen LogP contribution in [0.3, 0.4) is 0 Å². The molecule has 30 heavy (non-hydrogen) atoms. The second-order valence-electron chi connectivity index (χ2n) is 8.44. The van der Waals surface area contributed by atoms with Crippen molar-refractivity contribution < 1.29 is 0 Å². The predicted octanol–water partition coefficient (Wildman–Crippen LogP) is 4.90. The largest absolute Gasteiger partial charge is 0.377 e. The van der Waals surface area contributed by atoms with Crippen LogP contribution in [0.1, 0.15) is 0 Å². The summed E-state index contributed by atoms with van der Waals surface area (Å²) >= 11 is 7.88. The fraction of sp³-hybridized carbons (Fsp3) is 0.154. The molecule has 0 saturated heterocycles. The van der Waals surface area contributed by atoms with E-state index in [1.807, 2.05) is 0 Å². The summed E-state index contributed by atoms with van der Waals surface area (Å²) < 4.78 is 0. The van der Waals surface area contributed by atoms with Gasteiger partial charge in [0.25, 0.3) is 0 Å². The Morgan fingerprint density at radius 3 is 1.63 bits per heavy atom. The highest BCUT2D eigenvalue weighted by molar-refractivity contribution is 7.69. The van der Waals surface area contributed by atoms with Crippen molar-refractivity contribution in [2.24, 2.45) is 0 Å². The third-order valence-corrected chi connectivity index (χ3v) is 25.0. The first-order valence-corrected chi connectivity index (χ1v) is 17.4. The van der Waals surface area contributed by atoms with Gasteiger partial charge in [-0.1, -0.05) is 114 Å². The maximum absolute atomic E-state index is 7.88. The fourth-order valence-corrected chi connectivity index (χ4v) is 18.4. The molecule has 0 radical (unpaired) electrons. The van der Waals surface area contributed by atoms with Gasteiger partial charge in [0.05, 0.1) is 0 Å². The van der Waals surface area contributed by atoms with E-state index < -0.39 is 14.5 Å². The molecule has 0 saturated carbocycles. The van der Waals surface area contributed by atoms with Gasteiger partial charge in [0.15, 0.2) is 6.90 Å². The zero-order valence-corrected chi connectivity index (χ0v) is 20.8. The Kier molecular flexibility index (Phi) is 5.62. The number of anilines is 1. The molecule has 152 valence electrons. The molecule has 0 amide bonds. The number of nitrogens with zero attached hydrogens (tertiary/aromatic N) is 1. The van der Waals surface area contributed by atoms with E-state index >= 15 is 0 Å². The second-order valence-corrected chi connectivity index (χ2v) is 23.6. The Labute approximate surface area is 186 Å². The monoisotopic (exact) mass is 445 g/mol. The molecule has 0 aliphatic heterocycles. The van der Waals surface area contributed by atoms with Crippen LogP contribution in [-0.4, -0.2) is 28.6 Å². The summed E-state index contributed by atoms with van der Waals surface area (Å²) in [5.41, 5.74) is 1.24. The lowest BCUT2D eigenvalue weighted by Gasteiger charge is -2.41. The molecule has 0 bridgehead atoms. The molecule has 4 heteroatoms. The van der Waals surface area contributed by atoms with E-state index in [9.17, 15) is 0 Å². The van der Waals surface area contributed by atoms with Gasteiger partial charge in [0.2, 0.25) is 0 Å². The Hall–Kier alpha value is -2.34. The summed E-state index contributed by atoms with van der Waals surface area (Å²) in [7, 11) is 1.97. The van der Waals surface area contributed by atoms with E-state index in [2.05, 4.69) is 129 Å². The topological polar surface area (TPSA) is 3.24 Å². The predicted molar refractivity (Wildman–Crippen MR) is 139 cm³/mol. The Morgan fingerprint density at radius 2 is 1.13 bits per heavy atom. The maximum atomic E-state index is 7.88. The molecule has 0 aromatic heterocycles. The number of rotatable bonds is 5. The van der Waals surface area contributed by atoms with E-state index in [0.717, 1.165) is 0 Å². The van der Waals surface area contributed by atoms with Gasteiger partial charge in [-0.3, -0.25) is 0 Å². The standard InChI is InChI=1S/C26H28ClNSi2/c1-28(2)24-19-11-13-21-14-12-20-25(26(21)24)30(4,27)29(3,22-15-7-5-8-16-22)23-17-9-6-10-18-23/h5-20H,1-4H3. The van der Waals surface area contributed by atoms with Gasteiger partial charge in [-0.05, 0) is 16.6 Å². The van der Waals surface area contributed by atoms with Crippen molar-refractivity contribution in [1.82, 2.24) is 0 Å². The minimum Gasteiger partial charge on any atom is -0.377 e. The van der Waals surface area contributed by atoms with Crippen LogP contribution in [0.2, 0.25) is 13.1 Å². The molecule has 1 nitrogen and oxygen atoms in total. The lowest BCUT2D eigenvalue weighted by molar-refractivity contribution is 1.14. The van der Waals surface area contributed by atoms with Crippen molar-refractivity contribution in [3.8, 4) is 0 Å². The molecule has 0 aliphatic rings. The third kappa shape index (κ3) is 3.31. The third-order valence-electron chi connectivity index (χ3n) is 6.51. The van der Waals surface area contributed by atoms with Crippen molar-refractivity contribution in [1.29, 1.82) is 0 Å². The van der Waals surface area contributed by atoms with Crippen LogP contribution in [0.5, 0.6) is 0 Å². The van der Waals surface area contributed by atoms with Crippen LogP contribution >= 0.6 is 11.1 Å². The quantitative estimate of drug-likeness (QED) is 0.312. The molecule has 1 unspecified atom stereocenters. The molecular weight excluding hydrogens is 418 g/mol. The Bertz CT molecular complexity index is 1110. The first kappa shape index (κ1) is 20.9. The zero-order chi connectivity index (χ0) is 21.4. The summed E-state index contributed by atoms with van der Waals surface area (Å²) in [4.78, 5) is 2.21. The lowest BCUT2D eigenvalue weighted by atomic mass is 10.1. The molecule has 4 aromatic carbocycles. The van der Waals surface area contributed by atoms with E-state index in [1.54, 1.807) is 0 Å². The highest BCUT2D eigenvalue weighted by atomic mass is 35.6. The van der Waals surface area contributed by atoms with Gasteiger partial charge in [-0.25, -0.2) is 0 Å². The highest BCUT2D eigenvalue weighted by Gasteiger charge is 2.52. The minimum atomic E-state index is -2.47. The maximum Gasteiger partial charge on any atom is 0.184 e. The number of halogens is 1. The Morgan fingerprint density at radius 1 is 0.633 bits per heavy atom. The van der Waals surface area contributed by atoms with Gasteiger partial charge in [0.1, 0.15) is 7.59 Å². The second kappa shape index (κ2) is 8.06. The average molecular weight is 446 g/mol. The summed E-state index contributed by atoms with van der Waals surface area (Å²) in [6.45, 7) is 2.36. The summed E-state index contributed by atoms with van der Waals surface area (Å²) in [6.07, 6.45) is 0. The zero-order valence-electron chi connectivity index (χ0n) is 18.1. The van der Waals surface area contributed by atoms with E-state index in [-0.39, 0.29) is 0 Å². The van der Waals surface area contributed by atoms with Gasteiger partial charge in [-0.2, -0.15) is 11.1 Å². The average Bonchev–Trinajstić information content (AvgIpc) is 2.78. The first-order valence-electron chi connectivity index (χ1n) is 10.4. The van der Waals surface area contributed by atoms with Crippen molar-refractivity contribution in [2.45, 2.75) is 13.1 Å².